The molecule has 2 rings (SSSR count). The van der Waals surface area contributed by atoms with Gasteiger partial charge in [0, 0.05) is 11.8 Å². The minimum Gasteiger partial charge on any atom is -0.296 e. The molecule has 1 aliphatic rings. The maximum absolute atomic E-state index is 10.5. The zero-order valence-electron chi connectivity index (χ0n) is 6.97. The van der Waals surface area contributed by atoms with Gasteiger partial charge in [0.25, 0.3) is 0 Å². The summed E-state index contributed by atoms with van der Waals surface area (Å²) >= 11 is 0. The van der Waals surface area contributed by atoms with E-state index in [-0.39, 0.29) is 0 Å². The molecule has 0 aromatic heterocycles. The molecule has 0 saturated heterocycles. The molecule has 3 nitrogen and oxygen atoms in total. The highest BCUT2D eigenvalue weighted by molar-refractivity contribution is 6.30. The maximum atomic E-state index is 10.5. The first-order valence-corrected chi connectivity index (χ1v) is 4.02. The Morgan fingerprint density at radius 2 is 2.15 bits per heavy atom. The standard InChI is InChI=1S/C10H8N2O/c13-7-9-6-11-5-8-3-1-2-4-10(8)12-9/h1-5,7H,6H2. The lowest BCUT2D eigenvalue weighted by Gasteiger charge is -1.96. The average molecular weight is 172 g/mol. The average Bonchev–Trinajstić information content (AvgIpc) is 2.38. The molecule has 0 bridgehead atoms. The number of para-hydroxylation sites is 1. The normalized spacial score (nSPS) is 14.3. The highest BCUT2D eigenvalue weighted by Crippen LogP contribution is 2.18. The molecule has 0 radical (unpaired) electrons. The van der Waals surface area contributed by atoms with E-state index < -0.39 is 0 Å². The molecule has 0 N–H and O–H groups in total. The predicted molar refractivity (Wildman–Crippen MR) is 52.1 cm³/mol. The number of hydrogen-bond donors (Lipinski definition) is 0. The van der Waals surface area contributed by atoms with Crippen molar-refractivity contribution in [1.29, 1.82) is 0 Å². The van der Waals surface area contributed by atoms with Crippen LogP contribution in [0.5, 0.6) is 0 Å². The van der Waals surface area contributed by atoms with Gasteiger partial charge in [-0.1, -0.05) is 18.2 Å². The quantitative estimate of drug-likeness (QED) is 0.590. The summed E-state index contributed by atoms with van der Waals surface area (Å²) in [5.41, 5.74) is 2.24. The lowest BCUT2D eigenvalue weighted by atomic mass is 10.2. The van der Waals surface area contributed by atoms with Crippen molar-refractivity contribution in [1.82, 2.24) is 0 Å². The summed E-state index contributed by atoms with van der Waals surface area (Å²) in [6, 6.07) is 7.61. The number of rotatable bonds is 1. The molecule has 1 aromatic carbocycles. The smallest absolute Gasteiger partial charge is 0.166 e. The Balaban J connectivity index is 2.55. The molecule has 1 aromatic rings. The monoisotopic (exact) mass is 172 g/mol. The Bertz CT molecular complexity index is 394. The Kier molecular flexibility index (Phi) is 2.00. The van der Waals surface area contributed by atoms with Gasteiger partial charge in [0.15, 0.2) is 6.29 Å². The zero-order chi connectivity index (χ0) is 9.10. The summed E-state index contributed by atoms with van der Waals surface area (Å²) < 4.78 is 0. The van der Waals surface area contributed by atoms with Crippen molar-refractivity contribution in [3.05, 3.63) is 29.8 Å². The summed E-state index contributed by atoms with van der Waals surface area (Å²) in [7, 11) is 0. The number of aliphatic imine (C=N–C) groups is 2. The number of nitrogens with zero attached hydrogens (tertiary/aromatic N) is 2. The van der Waals surface area contributed by atoms with E-state index in [2.05, 4.69) is 9.98 Å². The number of benzene rings is 1. The van der Waals surface area contributed by atoms with E-state index in [1.165, 1.54) is 0 Å². The second-order valence-corrected chi connectivity index (χ2v) is 2.75. The van der Waals surface area contributed by atoms with Gasteiger partial charge in [-0.2, -0.15) is 0 Å². The summed E-state index contributed by atoms with van der Waals surface area (Å²) in [6.45, 7) is 0.373. The van der Waals surface area contributed by atoms with E-state index in [4.69, 9.17) is 0 Å². The Morgan fingerprint density at radius 1 is 1.31 bits per heavy atom. The minimum atomic E-state index is 0.373. The van der Waals surface area contributed by atoms with Crippen molar-refractivity contribution in [3.63, 3.8) is 0 Å². The topological polar surface area (TPSA) is 41.8 Å². The number of fused-ring (bicyclic) bond motifs is 1. The van der Waals surface area contributed by atoms with Crippen LogP contribution in [0.25, 0.3) is 0 Å². The van der Waals surface area contributed by atoms with E-state index >= 15 is 0 Å². The Labute approximate surface area is 75.8 Å². The molecule has 0 saturated carbocycles. The van der Waals surface area contributed by atoms with Gasteiger partial charge in [-0.05, 0) is 6.07 Å². The fraction of sp³-hybridized carbons (Fsp3) is 0.100. The summed E-state index contributed by atoms with van der Waals surface area (Å²) in [5.74, 6) is 0. The third-order valence-corrected chi connectivity index (χ3v) is 1.82. The molecule has 3 heteroatoms. The van der Waals surface area contributed by atoms with Gasteiger partial charge >= 0.3 is 0 Å². The minimum absolute atomic E-state index is 0.373. The summed E-state index contributed by atoms with van der Waals surface area (Å²) in [4.78, 5) is 18.8. The Morgan fingerprint density at radius 3 is 3.00 bits per heavy atom. The molecule has 0 aliphatic carbocycles. The molecule has 1 aliphatic heterocycles. The predicted octanol–water partition coefficient (Wildman–Crippen LogP) is 1.39. The third kappa shape index (κ3) is 1.54. The Hall–Kier alpha value is -1.77. The van der Waals surface area contributed by atoms with Gasteiger partial charge in [-0.3, -0.25) is 9.79 Å². The fourth-order valence-electron chi connectivity index (χ4n) is 1.19. The summed E-state index contributed by atoms with van der Waals surface area (Å²) in [5, 5.41) is 0. The molecular formula is C10H8N2O. The maximum Gasteiger partial charge on any atom is 0.166 e. The molecule has 13 heavy (non-hydrogen) atoms. The van der Waals surface area contributed by atoms with E-state index in [0.717, 1.165) is 17.5 Å². The number of aldehydes is 1. The highest BCUT2D eigenvalue weighted by atomic mass is 16.1. The van der Waals surface area contributed by atoms with Crippen LogP contribution in [-0.4, -0.2) is 24.8 Å². The van der Waals surface area contributed by atoms with Crippen LogP contribution in [0.4, 0.5) is 5.69 Å². The number of carbonyl (C=O) groups is 1. The summed E-state index contributed by atoms with van der Waals surface area (Å²) in [6.07, 6.45) is 2.49. The van der Waals surface area contributed by atoms with Crippen LogP contribution in [-0.2, 0) is 4.79 Å². The molecule has 1 heterocycles. The van der Waals surface area contributed by atoms with Crippen LogP contribution in [0.3, 0.4) is 0 Å². The van der Waals surface area contributed by atoms with E-state index in [0.29, 0.717) is 12.3 Å². The molecule has 0 fully saturated rings. The van der Waals surface area contributed by atoms with Gasteiger partial charge in [0.1, 0.15) is 5.71 Å². The van der Waals surface area contributed by atoms with Crippen molar-refractivity contribution >= 4 is 23.9 Å². The highest BCUT2D eigenvalue weighted by Gasteiger charge is 2.04. The van der Waals surface area contributed by atoms with Gasteiger partial charge in [0.2, 0.25) is 0 Å². The first-order chi connectivity index (χ1) is 6.40. The molecule has 0 spiro atoms. The van der Waals surface area contributed by atoms with Crippen molar-refractivity contribution in [2.45, 2.75) is 0 Å². The van der Waals surface area contributed by atoms with Crippen molar-refractivity contribution in [3.8, 4) is 0 Å². The second kappa shape index (κ2) is 3.31. The lowest BCUT2D eigenvalue weighted by Crippen LogP contribution is -2.02. The second-order valence-electron chi connectivity index (χ2n) is 2.75. The fourth-order valence-corrected chi connectivity index (χ4v) is 1.19. The number of carbonyl (C=O) groups excluding carboxylic acids is 1. The van der Waals surface area contributed by atoms with Crippen LogP contribution in [0.15, 0.2) is 34.3 Å². The van der Waals surface area contributed by atoms with Crippen LogP contribution in [0.2, 0.25) is 0 Å². The first kappa shape index (κ1) is 7.86. The van der Waals surface area contributed by atoms with Crippen LogP contribution in [0, 0.1) is 0 Å². The van der Waals surface area contributed by atoms with Gasteiger partial charge < -0.3 is 0 Å². The van der Waals surface area contributed by atoms with E-state index in [1.54, 1.807) is 6.21 Å². The lowest BCUT2D eigenvalue weighted by molar-refractivity contribution is -0.102. The number of hydrogen-bond acceptors (Lipinski definition) is 3. The van der Waals surface area contributed by atoms with Crippen molar-refractivity contribution in [2.75, 3.05) is 6.54 Å². The van der Waals surface area contributed by atoms with E-state index in [1.807, 2.05) is 24.3 Å². The van der Waals surface area contributed by atoms with Gasteiger partial charge in [0.05, 0.1) is 12.2 Å². The molecular weight excluding hydrogens is 164 g/mol. The molecule has 0 unspecified atom stereocenters. The van der Waals surface area contributed by atoms with Crippen LogP contribution in [0.1, 0.15) is 5.56 Å². The third-order valence-electron chi connectivity index (χ3n) is 1.82. The molecule has 0 amide bonds. The largest absolute Gasteiger partial charge is 0.296 e. The van der Waals surface area contributed by atoms with Crippen LogP contribution >= 0.6 is 0 Å². The van der Waals surface area contributed by atoms with Gasteiger partial charge in [-0.15, -0.1) is 0 Å². The van der Waals surface area contributed by atoms with Crippen molar-refractivity contribution < 1.29 is 4.79 Å². The van der Waals surface area contributed by atoms with E-state index in [9.17, 15) is 4.79 Å². The van der Waals surface area contributed by atoms with Crippen LogP contribution < -0.4 is 0 Å². The SMILES string of the molecule is O=CC1=Nc2ccccc2C=NC1. The van der Waals surface area contributed by atoms with Crippen molar-refractivity contribution in [2.24, 2.45) is 9.98 Å². The molecule has 64 valence electrons. The first-order valence-electron chi connectivity index (χ1n) is 4.02. The molecule has 0 atom stereocenters. The zero-order valence-corrected chi connectivity index (χ0v) is 6.97. The van der Waals surface area contributed by atoms with Gasteiger partial charge in [-0.25, -0.2) is 4.99 Å².